The summed E-state index contributed by atoms with van der Waals surface area (Å²) in [6.45, 7) is 0.752. The number of carboxylic acid groups (broad SMARTS) is 2. The predicted molar refractivity (Wildman–Crippen MR) is 86.9 cm³/mol. The Hall–Kier alpha value is -3.06. The third-order valence-corrected chi connectivity index (χ3v) is 2.82. The molecule has 7 heteroatoms. The van der Waals surface area contributed by atoms with Gasteiger partial charge in [0.25, 0.3) is 0 Å². The molecule has 24 heavy (non-hydrogen) atoms. The fourth-order valence-corrected chi connectivity index (χ4v) is 1.76. The van der Waals surface area contributed by atoms with Crippen LogP contribution in [0.2, 0.25) is 0 Å². The van der Waals surface area contributed by atoms with Crippen molar-refractivity contribution in [2.75, 3.05) is 13.6 Å². The number of benzene rings is 1. The van der Waals surface area contributed by atoms with Crippen LogP contribution in [0.1, 0.15) is 11.1 Å². The van der Waals surface area contributed by atoms with Crippen LogP contribution < -0.4 is 5.32 Å². The van der Waals surface area contributed by atoms with Gasteiger partial charge < -0.3 is 15.5 Å². The van der Waals surface area contributed by atoms with Crippen LogP contribution >= 0.6 is 0 Å². The van der Waals surface area contributed by atoms with E-state index in [2.05, 4.69) is 16.4 Å². The molecule has 0 atom stereocenters. The Morgan fingerprint density at radius 1 is 1.12 bits per heavy atom. The number of rotatable bonds is 4. The number of nitrogens with one attached hydrogen (secondary N) is 1. The molecule has 126 valence electrons. The van der Waals surface area contributed by atoms with E-state index in [-0.39, 0.29) is 5.82 Å². The zero-order chi connectivity index (χ0) is 17.9. The summed E-state index contributed by atoms with van der Waals surface area (Å²) in [7, 11) is 1.89. The van der Waals surface area contributed by atoms with E-state index in [1.807, 2.05) is 25.4 Å². The molecule has 3 N–H and O–H groups in total. The SMILES string of the molecule is CNCC=C(c1ccc(F)cc1)c1cccnc1.O=C(O)C(=O)O. The van der Waals surface area contributed by atoms with Crippen LogP contribution in [0.5, 0.6) is 0 Å². The van der Waals surface area contributed by atoms with E-state index in [0.717, 1.165) is 23.2 Å². The third-order valence-electron chi connectivity index (χ3n) is 2.82. The lowest BCUT2D eigenvalue weighted by molar-refractivity contribution is -0.159. The second kappa shape index (κ2) is 9.86. The lowest BCUT2D eigenvalue weighted by Crippen LogP contribution is -2.09. The Labute approximate surface area is 138 Å². The highest BCUT2D eigenvalue weighted by Gasteiger charge is 2.05. The first kappa shape index (κ1) is 19.0. The van der Waals surface area contributed by atoms with Gasteiger partial charge in [0, 0.05) is 24.5 Å². The molecule has 1 aromatic carbocycles. The van der Waals surface area contributed by atoms with Crippen LogP contribution in [0.25, 0.3) is 5.57 Å². The van der Waals surface area contributed by atoms with Crippen molar-refractivity contribution in [3.8, 4) is 0 Å². The molecule has 0 radical (unpaired) electrons. The number of hydrogen-bond acceptors (Lipinski definition) is 4. The van der Waals surface area contributed by atoms with Gasteiger partial charge in [0.2, 0.25) is 0 Å². The summed E-state index contributed by atoms with van der Waals surface area (Å²) in [5.74, 6) is -3.87. The quantitative estimate of drug-likeness (QED) is 0.741. The molecule has 1 heterocycles. The Balaban J connectivity index is 0.000000413. The van der Waals surface area contributed by atoms with Gasteiger partial charge in [-0.05, 0) is 36.4 Å². The third kappa shape index (κ3) is 6.37. The molecule has 0 saturated heterocycles. The fourth-order valence-electron chi connectivity index (χ4n) is 1.76. The second-order valence-electron chi connectivity index (χ2n) is 4.53. The number of halogens is 1. The molecule has 6 nitrogen and oxygen atoms in total. The zero-order valence-corrected chi connectivity index (χ0v) is 12.9. The molecule has 0 bridgehead atoms. The fraction of sp³-hybridized carbons (Fsp3) is 0.118. The van der Waals surface area contributed by atoms with E-state index < -0.39 is 11.9 Å². The van der Waals surface area contributed by atoms with E-state index in [1.54, 1.807) is 18.3 Å². The van der Waals surface area contributed by atoms with Crippen molar-refractivity contribution in [3.05, 3.63) is 71.8 Å². The molecule has 1 aromatic heterocycles. The average molecular weight is 332 g/mol. The molecule has 0 saturated carbocycles. The maximum Gasteiger partial charge on any atom is 0.414 e. The standard InChI is InChI=1S/C15H15FN2.C2H2O4/c1-17-10-8-15(13-3-2-9-18-11-13)12-4-6-14(16)7-5-12;3-1(4)2(5)6/h2-9,11,17H,10H2,1H3;(H,3,4)(H,5,6). The van der Waals surface area contributed by atoms with Gasteiger partial charge in [-0.15, -0.1) is 0 Å². The first-order chi connectivity index (χ1) is 11.5. The van der Waals surface area contributed by atoms with Gasteiger partial charge in [0.15, 0.2) is 0 Å². The van der Waals surface area contributed by atoms with Gasteiger partial charge in [-0.1, -0.05) is 24.3 Å². The minimum Gasteiger partial charge on any atom is -0.473 e. The molecule has 0 spiro atoms. The molecule has 0 unspecified atom stereocenters. The van der Waals surface area contributed by atoms with E-state index in [0.29, 0.717) is 0 Å². The molecule has 0 fully saturated rings. The van der Waals surface area contributed by atoms with Crippen molar-refractivity contribution in [2.24, 2.45) is 0 Å². The number of carbonyl (C=O) groups is 2. The first-order valence-electron chi connectivity index (χ1n) is 6.93. The van der Waals surface area contributed by atoms with Crippen molar-refractivity contribution in [1.82, 2.24) is 10.3 Å². The topological polar surface area (TPSA) is 99.5 Å². The maximum atomic E-state index is 13.0. The summed E-state index contributed by atoms with van der Waals surface area (Å²) in [4.78, 5) is 22.3. The Morgan fingerprint density at radius 3 is 2.21 bits per heavy atom. The Kier molecular flexibility index (Phi) is 7.80. The van der Waals surface area contributed by atoms with Crippen LogP contribution in [0.3, 0.4) is 0 Å². The van der Waals surface area contributed by atoms with Gasteiger partial charge in [-0.25, -0.2) is 14.0 Å². The minimum atomic E-state index is -1.82. The van der Waals surface area contributed by atoms with Gasteiger partial charge in [-0.2, -0.15) is 0 Å². The largest absolute Gasteiger partial charge is 0.473 e. The molecule has 2 rings (SSSR count). The number of pyridine rings is 1. The summed E-state index contributed by atoms with van der Waals surface area (Å²) in [5.41, 5.74) is 3.07. The van der Waals surface area contributed by atoms with Crippen molar-refractivity contribution >= 4 is 17.5 Å². The minimum absolute atomic E-state index is 0.224. The van der Waals surface area contributed by atoms with Crippen LogP contribution in [-0.2, 0) is 9.59 Å². The molecular weight excluding hydrogens is 315 g/mol. The summed E-state index contributed by atoms with van der Waals surface area (Å²) in [6.07, 6.45) is 5.62. The van der Waals surface area contributed by atoms with Crippen LogP contribution in [0, 0.1) is 5.82 Å². The van der Waals surface area contributed by atoms with Crippen molar-refractivity contribution in [2.45, 2.75) is 0 Å². The van der Waals surface area contributed by atoms with Crippen molar-refractivity contribution < 1.29 is 24.2 Å². The summed E-state index contributed by atoms with van der Waals surface area (Å²) >= 11 is 0. The number of aromatic nitrogens is 1. The summed E-state index contributed by atoms with van der Waals surface area (Å²) in [5, 5.41) is 17.9. The van der Waals surface area contributed by atoms with E-state index >= 15 is 0 Å². The van der Waals surface area contributed by atoms with Gasteiger partial charge in [0.05, 0.1) is 0 Å². The van der Waals surface area contributed by atoms with E-state index in [4.69, 9.17) is 19.8 Å². The highest BCUT2D eigenvalue weighted by Crippen LogP contribution is 2.22. The second-order valence-corrected chi connectivity index (χ2v) is 4.53. The normalized spacial score (nSPS) is 10.5. The number of aliphatic carboxylic acids is 2. The van der Waals surface area contributed by atoms with Crippen LogP contribution in [0.15, 0.2) is 54.9 Å². The average Bonchev–Trinajstić information content (AvgIpc) is 2.58. The highest BCUT2D eigenvalue weighted by atomic mass is 19.1. The Morgan fingerprint density at radius 2 is 1.75 bits per heavy atom. The lowest BCUT2D eigenvalue weighted by atomic mass is 9.99. The molecule has 2 aromatic rings. The van der Waals surface area contributed by atoms with Gasteiger partial charge in [0.1, 0.15) is 5.82 Å². The van der Waals surface area contributed by atoms with E-state index in [1.165, 1.54) is 12.1 Å². The lowest BCUT2D eigenvalue weighted by Gasteiger charge is -2.08. The monoisotopic (exact) mass is 332 g/mol. The molecule has 0 aliphatic carbocycles. The number of hydrogen-bond donors (Lipinski definition) is 3. The number of nitrogens with zero attached hydrogens (tertiary/aromatic N) is 1. The summed E-state index contributed by atoms with van der Waals surface area (Å²) < 4.78 is 13.0. The highest BCUT2D eigenvalue weighted by molar-refractivity contribution is 6.27. The molecule has 0 amide bonds. The van der Waals surface area contributed by atoms with Gasteiger partial charge in [-0.3, -0.25) is 4.98 Å². The molecule has 0 aliphatic rings. The molecular formula is C17H17FN2O4. The smallest absolute Gasteiger partial charge is 0.414 e. The molecule has 0 aliphatic heterocycles. The Bertz CT molecular complexity index is 688. The van der Waals surface area contributed by atoms with Crippen LogP contribution in [0.4, 0.5) is 4.39 Å². The number of carboxylic acids is 2. The van der Waals surface area contributed by atoms with Gasteiger partial charge >= 0.3 is 11.9 Å². The van der Waals surface area contributed by atoms with Crippen molar-refractivity contribution in [1.29, 1.82) is 0 Å². The first-order valence-corrected chi connectivity index (χ1v) is 6.93. The van der Waals surface area contributed by atoms with Crippen molar-refractivity contribution in [3.63, 3.8) is 0 Å². The maximum absolute atomic E-state index is 13.0. The number of likely N-dealkylation sites (N-methyl/N-ethyl adjacent to an activating group) is 1. The zero-order valence-electron chi connectivity index (χ0n) is 12.9. The van der Waals surface area contributed by atoms with Crippen LogP contribution in [-0.4, -0.2) is 40.7 Å². The predicted octanol–water partition coefficient (Wildman–Crippen LogP) is 2.03. The summed E-state index contributed by atoms with van der Waals surface area (Å²) in [6, 6.07) is 10.4. The van der Waals surface area contributed by atoms with E-state index in [9.17, 15) is 4.39 Å².